The third kappa shape index (κ3) is 5.84. The van der Waals surface area contributed by atoms with Crippen LogP contribution in [0.25, 0.3) is 0 Å². The first-order chi connectivity index (χ1) is 7.36. The minimum Gasteiger partial charge on any atom is -0.480 e. The second kappa shape index (κ2) is 6.65. The predicted octanol–water partition coefficient (Wildman–Crippen LogP) is -0.587. The molecule has 0 saturated heterocycles. The summed E-state index contributed by atoms with van der Waals surface area (Å²) in [6.45, 7) is 3.66. The molecule has 0 aliphatic carbocycles. The standard InChI is InChI=1S/C9H17N3O4/c1-3-5(2)11-9(16)12-6(8(14)15)4-7(10)13/h5-6H,3-4H2,1-2H3,(H2,10,13)(H,14,15)(H2,11,12,16)/t5?,6-/m0/s1. The van der Waals surface area contributed by atoms with Crippen LogP contribution in [0.4, 0.5) is 4.79 Å². The van der Waals surface area contributed by atoms with Crippen molar-refractivity contribution in [1.29, 1.82) is 0 Å². The molecule has 5 N–H and O–H groups in total. The number of rotatable bonds is 6. The number of nitrogens with one attached hydrogen (secondary N) is 2. The number of carbonyl (C=O) groups is 3. The molecule has 0 spiro atoms. The molecule has 0 rings (SSSR count). The number of primary amides is 1. The van der Waals surface area contributed by atoms with E-state index in [1.807, 2.05) is 6.92 Å². The van der Waals surface area contributed by atoms with E-state index in [9.17, 15) is 14.4 Å². The molecule has 16 heavy (non-hydrogen) atoms. The van der Waals surface area contributed by atoms with Gasteiger partial charge in [-0.1, -0.05) is 6.92 Å². The summed E-state index contributed by atoms with van der Waals surface area (Å²) in [6, 6.07) is -1.98. The van der Waals surface area contributed by atoms with Gasteiger partial charge in [0, 0.05) is 6.04 Å². The molecular formula is C9H17N3O4. The van der Waals surface area contributed by atoms with Gasteiger partial charge in [-0.15, -0.1) is 0 Å². The summed E-state index contributed by atoms with van der Waals surface area (Å²) < 4.78 is 0. The predicted molar refractivity (Wildman–Crippen MR) is 56.7 cm³/mol. The van der Waals surface area contributed by atoms with Gasteiger partial charge in [0.2, 0.25) is 5.91 Å². The molecule has 0 aliphatic rings. The molecule has 0 aromatic rings. The van der Waals surface area contributed by atoms with Gasteiger partial charge in [0.25, 0.3) is 0 Å². The maximum absolute atomic E-state index is 11.3. The van der Waals surface area contributed by atoms with E-state index in [0.29, 0.717) is 0 Å². The Hall–Kier alpha value is -1.79. The molecule has 0 radical (unpaired) electrons. The first-order valence-corrected chi connectivity index (χ1v) is 4.95. The molecule has 0 bridgehead atoms. The van der Waals surface area contributed by atoms with Crippen molar-refractivity contribution in [2.24, 2.45) is 5.73 Å². The first kappa shape index (κ1) is 14.2. The zero-order valence-corrected chi connectivity index (χ0v) is 9.32. The molecule has 0 aliphatic heterocycles. The molecule has 0 aromatic heterocycles. The summed E-state index contributed by atoms with van der Waals surface area (Å²) >= 11 is 0. The van der Waals surface area contributed by atoms with Gasteiger partial charge in [0.15, 0.2) is 0 Å². The minimum atomic E-state index is -1.29. The van der Waals surface area contributed by atoms with Gasteiger partial charge in [-0.2, -0.15) is 0 Å². The molecular weight excluding hydrogens is 214 g/mol. The maximum Gasteiger partial charge on any atom is 0.326 e. The number of aliphatic carboxylic acids is 1. The highest BCUT2D eigenvalue weighted by molar-refractivity contribution is 5.87. The van der Waals surface area contributed by atoms with Crippen LogP contribution in [0.5, 0.6) is 0 Å². The number of nitrogens with two attached hydrogens (primary N) is 1. The number of hydrogen-bond donors (Lipinski definition) is 4. The van der Waals surface area contributed by atoms with Crippen molar-refractivity contribution in [1.82, 2.24) is 10.6 Å². The summed E-state index contributed by atoms with van der Waals surface area (Å²) in [5.41, 5.74) is 4.86. The van der Waals surface area contributed by atoms with Crippen molar-refractivity contribution >= 4 is 17.9 Å². The highest BCUT2D eigenvalue weighted by atomic mass is 16.4. The van der Waals surface area contributed by atoms with Gasteiger partial charge in [0.1, 0.15) is 6.04 Å². The van der Waals surface area contributed by atoms with Crippen LogP contribution in [-0.2, 0) is 9.59 Å². The van der Waals surface area contributed by atoms with Crippen molar-refractivity contribution in [2.45, 2.75) is 38.8 Å². The molecule has 0 saturated carbocycles. The highest BCUT2D eigenvalue weighted by Gasteiger charge is 2.22. The second-order valence-corrected chi connectivity index (χ2v) is 3.49. The van der Waals surface area contributed by atoms with E-state index < -0.39 is 30.4 Å². The van der Waals surface area contributed by atoms with E-state index in [0.717, 1.165) is 6.42 Å². The molecule has 3 amide bonds. The summed E-state index contributed by atoms with van der Waals surface area (Å²) in [6.07, 6.45) is 0.296. The van der Waals surface area contributed by atoms with E-state index in [1.54, 1.807) is 6.92 Å². The lowest BCUT2D eigenvalue weighted by atomic mass is 10.2. The smallest absolute Gasteiger partial charge is 0.326 e. The summed E-state index contributed by atoms with van der Waals surface area (Å²) in [5.74, 6) is -2.07. The number of urea groups is 1. The van der Waals surface area contributed by atoms with Gasteiger partial charge in [-0.3, -0.25) is 4.79 Å². The van der Waals surface area contributed by atoms with Crippen LogP contribution in [0.15, 0.2) is 0 Å². The lowest BCUT2D eigenvalue weighted by Crippen LogP contribution is -2.49. The van der Waals surface area contributed by atoms with Crippen LogP contribution in [0, 0.1) is 0 Å². The Balaban J connectivity index is 4.24. The van der Waals surface area contributed by atoms with Crippen LogP contribution in [0.3, 0.4) is 0 Å². The fraction of sp³-hybridized carbons (Fsp3) is 0.667. The lowest BCUT2D eigenvalue weighted by Gasteiger charge is -2.16. The van der Waals surface area contributed by atoms with Gasteiger partial charge in [0.05, 0.1) is 6.42 Å². The van der Waals surface area contributed by atoms with E-state index in [-0.39, 0.29) is 6.04 Å². The maximum atomic E-state index is 11.3. The third-order valence-corrected chi connectivity index (χ3v) is 2.00. The fourth-order valence-corrected chi connectivity index (χ4v) is 0.927. The average Bonchev–Trinajstić information content (AvgIpc) is 2.15. The molecule has 7 heteroatoms. The third-order valence-electron chi connectivity index (χ3n) is 2.00. The lowest BCUT2D eigenvalue weighted by molar-refractivity contribution is -0.140. The Bertz CT molecular complexity index is 280. The molecule has 1 unspecified atom stereocenters. The van der Waals surface area contributed by atoms with Crippen LogP contribution in [0.2, 0.25) is 0 Å². The largest absolute Gasteiger partial charge is 0.480 e. The van der Waals surface area contributed by atoms with Crippen LogP contribution in [-0.4, -0.2) is 35.1 Å². The fourth-order valence-electron chi connectivity index (χ4n) is 0.927. The van der Waals surface area contributed by atoms with Gasteiger partial charge >= 0.3 is 12.0 Å². The molecule has 7 nitrogen and oxygen atoms in total. The van der Waals surface area contributed by atoms with Gasteiger partial charge < -0.3 is 21.5 Å². The average molecular weight is 231 g/mol. The first-order valence-electron chi connectivity index (χ1n) is 4.95. The Morgan fingerprint density at radius 2 is 1.88 bits per heavy atom. The van der Waals surface area contributed by atoms with Crippen molar-refractivity contribution < 1.29 is 19.5 Å². The quantitative estimate of drug-likeness (QED) is 0.488. The SMILES string of the molecule is CCC(C)NC(=O)N[C@@H](CC(N)=O)C(=O)O. The topological polar surface area (TPSA) is 122 Å². The van der Waals surface area contributed by atoms with Crippen molar-refractivity contribution in [2.75, 3.05) is 0 Å². The molecule has 92 valence electrons. The number of carboxylic acids is 1. The van der Waals surface area contributed by atoms with E-state index in [1.165, 1.54) is 0 Å². The second-order valence-electron chi connectivity index (χ2n) is 3.49. The van der Waals surface area contributed by atoms with E-state index >= 15 is 0 Å². The summed E-state index contributed by atoms with van der Waals surface area (Å²) in [7, 11) is 0. The number of carboxylic acid groups (broad SMARTS) is 1. The van der Waals surface area contributed by atoms with Crippen molar-refractivity contribution in [3.63, 3.8) is 0 Å². The summed E-state index contributed by atoms with van der Waals surface area (Å²) in [5, 5.41) is 13.4. The van der Waals surface area contributed by atoms with E-state index in [4.69, 9.17) is 10.8 Å². The Labute approximate surface area is 93.4 Å². The Morgan fingerprint density at radius 1 is 1.31 bits per heavy atom. The van der Waals surface area contributed by atoms with Crippen molar-refractivity contribution in [3.05, 3.63) is 0 Å². The molecule has 0 heterocycles. The zero-order chi connectivity index (χ0) is 12.7. The summed E-state index contributed by atoms with van der Waals surface area (Å²) in [4.78, 5) is 32.5. The molecule has 2 atom stereocenters. The zero-order valence-electron chi connectivity index (χ0n) is 9.32. The van der Waals surface area contributed by atoms with E-state index in [2.05, 4.69) is 10.6 Å². The van der Waals surface area contributed by atoms with Crippen LogP contribution < -0.4 is 16.4 Å². The van der Waals surface area contributed by atoms with Crippen molar-refractivity contribution in [3.8, 4) is 0 Å². The number of hydrogen-bond acceptors (Lipinski definition) is 3. The van der Waals surface area contributed by atoms with Crippen LogP contribution >= 0.6 is 0 Å². The van der Waals surface area contributed by atoms with Crippen LogP contribution in [0.1, 0.15) is 26.7 Å². The minimum absolute atomic E-state index is 0.0666. The highest BCUT2D eigenvalue weighted by Crippen LogP contribution is 1.93. The molecule has 0 aromatic carbocycles. The normalized spacial score (nSPS) is 13.6. The monoisotopic (exact) mass is 231 g/mol. The Kier molecular flexibility index (Phi) is 5.91. The van der Waals surface area contributed by atoms with Gasteiger partial charge in [-0.05, 0) is 13.3 Å². The molecule has 0 fully saturated rings. The number of carbonyl (C=O) groups excluding carboxylic acids is 2. The number of amides is 3. The Morgan fingerprint density at radius 3 is 2.25 bits per heavy atom. The van der Waals surface area contributed by atoms with Gasteiger partial charge in [-0.25, -0.2) is 9.59 Å².